The number of ether oxygens (including phenoxy) is 1. The lowest BCUT2D eigenvalue weighted by molar-refractivity contribution is -0.142. The lowest BCUT2D eigenvalue weighted by Crippen LogP contribution is -2.11. The van der Waals surface area contributed by atoms with E-state index in [4.69, 9.17) is 4.74 Å². The molecule has 0 radical (unpaired) electrons. The highest BCUT2D eigenvalue weighted by molar-refractivity contribution is 5.90. The number of carbonyl (C=O) groups is 1. The van der Waals surface area contributed by atoms with Gasteiger partial charge in [0, 0.05) is 12.7 Å². The number of rotatable bonds is 3. The van der Waals surface area contributed by atoms with Gasteiger partial charge in [-0.3, -0.25) is 0 Å². The zero-order valence-electron chi connectivity index (χ0n) is 11.6. The molecule has 6 heteroatoms. The number of hydrogen-bond donors (Lipinski definition) is 0. The minimum Gasteiger partial charge on any atom is -0.462 e. The van der Waals surface area contributed by atoms with Crippen LogP contribution in [0.3, 0.4) is 0 Å². The van der Waals surface area contributed by atoms with Gasteiger partial charge in [-0.15, -0.1) is 0 Å². The quantitative estimate of drug-likeness (QED) is 0.805. The van der Waals surface area contributed by atoms with Crippen molar-refractivity contribution in [2.45, 2.75) is 13.1 Å². The fourth-order valence-electron chi connectivity index (χ4n) is 2.08. The Labute approximate surface area is 120 Å². The predicted octanol–water partition coefficient (Wildman–Crippen LogP) is 3.89. The maximum absolute atomic E-state index is 12.8. The average Bonchev–Trinajstić information content (AvgIpc) is 2.81. The predicted molar refractivity (Wildman–Crippen MR) is 71.8 cm³/mol. The van der Waals surface area contributed by atoms with Gasteiger partial charge in [0.1, 0.15) is 5.69 Å². The molecule has 0 aliphatic carbocycles. The van der Waals surface area contributed by atoms with Crippen molar-refractivity contribution in [3.8, 4) is 11.3 Å². The molecule has 1 aromatic heterocycles. The first-order chi connectivity index (χ1) is 9.84. The summed E-state index contributed by atoms with van der Waals surface area (Å²) in [4.78, 5) is 11.5. The molecule has 0 aliphatic rings. The number of esters is 1. The van der Waals surface area contributed by atoms with E-state index in [-0.39, 0.29) is 6.61 Å². The van der Waals surface area contributed by atoms with Gasteiger partial charge in [0.15, 0.2) is 0 Å². The average molecular weight is 297 g/mol. The van der Waals surface area contributed by atoms with Crippen LogP contribution in [0.1, 0.15) is 23.0 Å². The molecule has 0 N–H and O–H groups in total. The fourth-order valence-corrected chi connectivity index (χ4v) is 2.08. The third kappa shape index (κ3) is 3.09. The van der Waals surface area contributed by atoms with Crippen molar-refractivity contribution in [3.63, 3.8) is 0 Å². The van der Waals surface area contributed by atoms with E-state index >= 15 is 0 Å². The molecule has 1 heterocycles. The van der Waals surface area contributed by atoms with Gasteiger partial charge in [-0.25, -0.2) is 4.79 Å². The Morgan fingerprint density at radius 3 is 2.24 bits per heavy atom. The van der Waals surface area contributed by atoms with Crippen molar-refractivity contribution < 1.29 is 22.7 Å². The SMILES string of the molecule is CCOC(=O)c1ccc(-c2ccc(C(F)(F)F)n2C)cc1. The molecule has 0 amide bonds. The number of carbonyl (C=O) groups excluding carboxylic acids is 1. The van der Waals surface area contributed by atoms with Crippen molar-refractivity contribution in [1.29, 1.82) is 0 Å². The normalized spacial score (nSPS) is 11.5. The Morgan fingerprint density at radius 2 is 1.76 bits per heavy atom. The first-order valence-corrected chi connectivity index (χ1v) is 6.35. The van der Waals surface area contributed by atoms with Gasteiger partial charge in [-0.05, 0) is 36.8 Å². The third-order valence-electron chi connectivity index (χ3n) is 3.10. The van der Waals surface area contributed by atoms with Crippen molar-refractivity contribution in [3.05, 3.63) is 47.7 Å². The van der Waals surface area contributed by atoms with Crippen LogP contribution in [0, 0.1) is 0 Å². The summed E-state index contributed by atoms with van der Waals surface area (Å²) >= 11 is 0. The van der Waals surface area contributed by atoms with E-state index in [0.717, 1.165) is 10.6 Å². The smallest absolute Gasteiger partial charge is 0.431 e. The molecule has 0 unspecified atom stereocenters. The first kappa shape index (κ1) is 15.2. The minimum absolute atomic E-state index is 0.271. The zero-order valence-corrected chi connectivity index (χ0v) is 11.6. The Balaban J connectivity index is 2.32. The van der Waals surface area contributed by atoms with E-state index in [1.165, 1.54) is 25.2 Å². The van der Waals surface area contributed by atoms with Crippen molar-refractivity contribution in [2.75, 3.05) is 6.61 Å². The van der Waals surface area contributed by atoms with E-state index in [1.807, 2.05) is 0 Å². The highest BCUT2D eigenvalue weighted by Crippen LogP contribution is 2.33. The molecule has 0 atom stereocenters. The molecule has 2 aromatic rings. The molecule has 0 bridgehead atoms. The maximum Gasteiger partial charge on any atom is 0.431 e. The molecule has 0 spiro atoms. The van der Waals surface area contributed by atoms with E-state index < -0.39 is 17.8 Å². The largest absolute Gasteiger partial charge is 0.462 e. The molecule has 21 heavy (non-hydrogen) atoms. The van der Waals surface area contributed by atoms with Crippen LogP contribution < -0.4 is 0 Å². The number of benzene rings is 1. The number of hydrogen-bond acceptors (Lipinski definition) is 2. The molecule has 3 nitrogen and oxygen atoms in total. The van der Waals surface area contributed by atoms with Gasteiger partial charge < -0.3 is 9.30 Å². The number of halogens is 3. The summed E-state index contributed by atoms with van der Waals surface area (Å²) < 4.78 is 44.2. The van der Waals surface area contributed by atoms with Gasteiger partial charge in [0.25, 0.3) is 0 Å². The van der Waals surface area contributed by atoms with E-state index in [9.17, 15) is 18.0 Å². The van der Waals surface area contributed by atoms with Gasteiger partial charge in [0.2, 0.25) is 0 Å². The van der Waals surface area contributed by atoms with Crippen molar-refractivity contribution in [2.24, 2.45) is 7.05 Å². The van der Waals surface area contributed by atoms with Crippen LogP contribution in [0.4, 0.5) is 13.2 Å². The molecule has 0 aliphatic heterocycles. The van der Waals surface area contributed by atoms with E-state index in [2.05, 4.69) is 0 Å². The molecule has 0 saturated heterocycles. The topological polar surface area (TPSA) is 31.2 Å². The Hall–Kier alpha value is -2.24. The monoisotopic (exact) mass is 297 g/mol. The second-order valence-electron chi connectivity index (χ2n) is 4.46. The van der Waals surface area contributed by atoms with E-state index in [1.54, 1.807) is 19.1 Å². The first-order valence-electron chi connectivity index (χ1n) is 6.35. The maximum atomic E-state index is 12.8. The Kier molecular flexibility index (Phi) is 4.06. The molecule has 0 saturated carbocycles. The summed E-state index contributed by atoms with van der Waals surface area (Å²) in [5, 5.41) is 0. The highest BCUT2D eigenvalue weighted by atomic mass is 19.4. The molecule has 1 aromatic carbocycles. The summed E-state index contributed by atoms with van der Waals surface area (Å²) in [6, 6.07) is 8.71. The van der Waals surface area contributed by atoms with Crippen molar-refractivity contribution >= 4 is 5.97 Å². The second kappa shape index (κ2) is 5.63. The van der Waals surface area contributed by atoms with Gasteiger partial charge >= 0.3 is 12.1 Å². The van der Waals surface area contributed by atoms with Crippen LogP contribution in [0.15, 0.2) is 36.4 Å². The minimum atomic E-state index is -4.39. The second-order valence-corrected chi connectivity index (χ2v) is 4.46. The fraction of sp³-hybridized carbons (Fsp3) is 0.267. The highest BCUT2D eigenvalue weighted by Gasteiger charge is 2.34. The number of aromatic nitrogens is 1. The van der Waals surface area contributed by atoms with Crippen LogP contribution in [0.5, 0.6) is 0 Å². The molecule has 0 fully saturated rings. The van der Waals surface area contributed by atoms with Crippen LogP contribution >= 0.6 is 0 Å². The van der Waals surface area contributed by atoms with Crippen LogP contribution in [-0.4, -0.2) is 17.1 Å². The Bertz CT molecular complexity index is 642. The lowest BCUT2D eigenvalue weighted by atomic mass is 10.1. The molecular weight excluding hydrogens is 283 g/mol. The van der Waals surface area contributed by atoms with Crippen molar-refractivity contribution in [1.82, 2.24) is 4.57 Å². The summed E-state index contributed by atoms with van der Waals surface area (Å²) in [7, 11) is 1.36. The van der Waals surface area contributed by atoms with Crippen LogP contribution in [-0.2, 0) is 18.0 Å². The summed E-state index contributed by atoms with van der Waals surface area (Å²) in [5.41, 5.74) is 0.677. The third-order valence-corrected chi connectivity index (χ3v) is 3.10. The van der Waals surface area contributed by atoms with Crippen LogP contribution in [0.2, 0.25) is 0 Å². The molecular formula is C15H14F3NO2. The Morgan fingerprint density at radius 1 is 1.14 bits per heavy atom. The van der Waals surface area contributed by atoms with E-state index in [0.29, 0.717) is 16.8 Å². The van der Waals surface area contributed by atoms with Gasteiger partial charge in [-0.2, -0.15) is 13.2 Å². The summed E-state index contributed by atoms with van der Waals surface area (Å²) in [6.45, 7) is 1.97. The molecule has 2 rings (SSSR count). The van der Waals surface area contributed by atoms with Crippen LogP contribution in [0.25, 0.3) is 11.3 Å². The standard InChI is InChI=1S/C15H14F3NO2/c1-3-21-14(20)11-6-4-10(5-7-11)12-8-9-13(19(12)2)15(16,17)18/h4-9H,3H2,1-2H3. The zero-order chi connectivity index (χ0) is 15.6. The van der Waals surface area contributed by atoms with Gasteiger partial charge in [0.05, 0.1) is 12.2 Å². The number of nitrogens with zero attached hydrogens (tertiary/aromatic N) is 1. The van der Waals surface area contributed by atoms with Gasteiger partial charge in [-0.1, -0.05) is 12.1 Å². The number of alkyl halides is 3. The lowest BCUT2D eigenvalue weighted by Gasteiger charge is -2.11. The summed E-state index contributed by atoms with van der Waals surface area (Å²) in [5.74, 6) is -0.452. The molecule has 112 valence electrons. The summed E-state index contributed by atoms with van der Waals surface area (Å²) in [6.07, 6.45) is -4.39.